The van der Waals surface area contributed by atoms with Crippen molar-refractivity contribution in [3.8, 4) is 11.8 Å². The quantitative estimate of drug-likeness (QED) is 0.449. The first-order chi connectivity index (χ1) is 3.93. The van der Waals surface area contributed by atoms with Gasteiger partial charge in [-0.2, -0.15) is 0 Å². The topological polar surface area (TPSA) is 3.24 Å². The summed E-state index contributed by atoms with van der Waals surface area (Å²) in [5, 5.41) is 0. The molecule has 1 heteroatoms. The molecule has 1 rings (SSSR count). The predicted octanol–water partition coefficient (Wildman–Crippen LogP) is 0.839. The summed E-state index contributed by atoms with van der Waals surface area (Å²) in [5.74, 6) is 6.00. The molecule has 8 heavy (non-hydrogen) atoms. The second-order valence-corrected chi connectivity index (χ2v) is 1.76. The van der Waals surface area contributed by atoms with Crippen LogP contribution < -0.4 is 0 Å². The molecule has 0 saturated heterocycles. The number of rotatable bonds is 1. The van der Waals surface area contributed by atoms with Gasteiger partial charge in [-0.05, 0) is 6.20 Å². The molecule has 0 unspecified atom stereocenters. The highest BCUT2D eigenvalue weighted by Crippen LogP contribution is 1.93. The largest absolute Gasteiger partial charge is 0.366 e. The zero-order valence-corrected chi connectivity index (χ0v) is 4.85. The third kappa shape index (κ3) is 1.04. The zero-order valence-electron chi connectivity index (χ0n) is 4.85. The van der Waals surface area contributed by atoms with Gasteiger partial charge in [0.15, 0.2) is 0 Å². The SMILES string of the molecule is C=CN1CC#CCC1. The van der Waals surface area contributed by atoms with E-state index in [-0.39, 0.29) is 0 Å². The third-order valence-electron chi connectivity index (χ3n) is 1.19. The lowest BCUT2D eigenvalue weighted by Crippen LogP contribution is -2.20. The molecule has 0 spiro atoms. The standard InChI is InChI=1S/C7H9N/c1-2-8-6-4-3-5-7-8/h2H,1,4,6-7H2. The first-order valence-electron chi connectivity index (χ1n) is 2.76. The van der Waals surface area contributed by atoms with Crippen molar-refractivity contribution in [1.82, 2.24) is 4.90 Å². The molecule has 0 radical (unpaired) electrons. The van der Waals surface area contributed by atoms with Gasteiger partial charge in [0.05, 0.1) is 6.54 Å². The van der Waals surface area contributed by atoms with Gasteiger partial charge in [-0.1, -0.05) is 18.4 Å². The average Bonchev–Trinajstić information content (AvgIpc) is 1.90. The minimum absolute atomic E-state index is 0.865. The van der Waals surface area contributed by atoms with Crippen LogP contribution >= 0.6 is 0 Å². The zero-order chi connectivity index (χ0) is 5.82. The van der Waals surface area contributed by atoms with Crippen molar-refractivity contribution in [3.05, 3.63) is 12.8 Å². The fraction of sp³-hybridized carbons (Fsp3) is 0.429. The van der Waals surface area contributed by atoms with Gasteiger partial charge in [0, 0.05) is 13.0 Å². The van der Waals surface area contributed by atoms with Crippen molar-refractivity contribution in [2.75, 3.05) is 13.1 Å². The predicted molar refractivity (Wildman–Crippen MR) is 34.2 cm³/mol. The van der Waals surface area contributed by atoms with E-state index >= 15 is 0 Å². The highest BCUT2D eigenvalue weighted by atomic mass is 15.1. The van der Waals surface area contributed by atoms with Gasteiger partial charge >= 0.3 is 0 Å². The van der Waals surface area contributed by atoms with Crippen LogP contribution in [0.15, 0.2) is 12.8 Å². The van der Waals surface area contributed by atoms with E-state index in [1.54, 1.807) is 0 Å². The van der Waals surface area contributed by atoms with Crippen molar-refractivity contribution in [2.24, 2.45) is 0 Å². The third-order valence-corrected chi connectivity index (χ3v) is 1.19. The maximum absolute atomic E-state index is 3.64. The Morgan fingerprint density at radius 3 is 2.75 bits per heavy atom. The average molecular weight is 107 g/mol. The van der Waals surface area contributed by atoms with Gasteiger partial charge in [0.25, 0.3) is 0 Å². The van der Waals surface area contributed by atoms with E-state index in [9.17, 15) is 0 Å². The van der Waals surface area contributed by atoms with Crippen LogP contribution in [0.4, 0.5) is 0 Å². The van der Waals surface area contributed by atoms with Gasteiger partial charge in [-0.15, -0.1) is 0 Å². The highest BCUT2D eigenvalue weighted by molar-refractivity contribution is 5.06. The van der Waals surface area contributed by atoms with Crippen molar-refractivity contribution in [3.63, 3.8) is 0 Å². The number of hydrogen-bond acceptors (Lipinski definition) is 1. The molecular weight excluding hydrogens is 98.1 g/mol. The van der Waals surface area contributed by atoms with Crippen molar-refractivity contribution in [1.29, 1.82) is 0 Å². The molecule has 0 atom stereocenters. The molecule has 1 aliphatic heterocycles. The summed E-state index contributed by atoms with van der Waals surface area (Å²) in [5.41, 5.74) is 0. The molecule has 1 heterocycles. The Bertz CT molecular complexity index is 138. The van der Waals surface area contributed by atoms with E-state index in [2.05, 4.69) is 23.3 Å². The Labute approximate surface area is 50.0 Å². The van der Waals surface area contributed by atoms with Gasteiger partial charge < -0.3 is 4.90 Å². The number of hydrogen-bond donors (Lipinski definition) is 0. The van der Waals surface area contributed by atoms with Crippen LogP contribution in [0, 0.1) is 11.8 Å². The van der Waals surface area contributed by atoms with Crippen LogP contribution in [0.1, 0.15) is 6.42 Å². The molecule has 0 N–H and O–H groups in total. The maximum atomic E-state index is 3.64. The summed E-state index contributed by atoms with van der Waals surface area (Å²) in [7, 11) is 0. The van der Waals surface area contributed by atoms with Crippen LogP contribution in [-0.2, 0) is 0 Å². The summed E-state index contributed by atoms with van der Waals surface area (Å²) in [6.45, 7) is 5.56. The highest BCUT2D eigenvalue weighted by Gasteiger charge is 1.96. The molecule has 0 fully saturated rings. The van der Waals surface area contributed by atoms with Crippen LogP contribution in [0.5, 0.6) is 0 Å². The Morgan fingerprint density at radius 1 is 1.50 bits per heavy atom. The Kier molecular flexibility index (Phi) is 1.58. The molecule has 0 saturated carbocycles. The van der Waals surface area contributed by atoms with E-state index in [0.29, 0.717) is 0 Å². The fourth-order valence-electron chi connectivity index (χ4n) is 0.680. The molecular formula is C7H9N. The van der Waals surface area contributed by atoms with E-state index in [0.717, 1.165) is 19.5 Å². The summed E-state index contributed by atoms with van der Waals surface area (Å²) in [6, 6.07) is 0. The molecule has 1 nitrogen and oxygen atoms in total. The molecule has 42 valence electrons. The molecule has 0 aliphatic carbocycles. The van der Waals surface area contributed by atoms with E-state index in [4.69, 9.17) is 0 Å². The summed E-state index contributed by atoms with van der Waals surface area (Å²) < 4.78 is 0. The normalized spacial score (nSPS) is 16.8. The lowest BCUT2D eigenvalue weighted by molar-refractivity contribution is 0.425. The first kappa shape index (κ1) is 5.24. The van der Waals surface area contributed by atoms with E-state index in [1.165, 1.54) is 0 Å². The van der Waals surface area contributed by atoms with Crippen LogP contribution in [0.2, 0.25) is 0 Å². The molecule has 0 bridgehead atoms. The fourth-order valence-corrected chi connectivity index (χ4v) is 0.680. The number of nitrogens with zero attached hydrogens (tertiary/aromatic N) is 1. The van der Waals surface area contributed by atoms with Crippen molar-refractivity contribution in [2.45, 2.75) is 6.42 Å². The molecule has 0 aromatic heterocycles. The monoisotopic (exact) mass is 107 g/mol. The molecule has 0 amide bonds. The Balaban J connectivity index is 2.43. The van der Waals surface area contributed by atoms with Crippen molar-refractivity contribution < 1.29 is 0 Å². The molecule has 0 aromatic rings. The second-order valence-electron chi connectivity index (χ2n) is 1.76. The Morgan fingerprint density at radius 2 is 2.38 bits per heavy atom. The van der Waals surface area contributed by atoms with Crippen LogP contribution in [-0.4, -0.2) is 18.0 Å². The maximum Gasteiger partial charge on any atom is 0.0789 e. The molecule has 1 aliphatic rings. The smallest absolute Gasteiger partial charge is 0.0789 e. The minimum Gasteiger partial charge on any atom is -0.366 e. The lowest BCUT2D eigenvalue weighted by atomic mass is 10.3. The van der Waals surface area contributed by atoms with E-state index in [1.807, 2.05) is 6.20 Å². The van der Waals surface area contributed by atoms with E-state index < -0.39 is 0 Å². The lowest BCUT2D eigenvalue weighted by Gasteiger charge is -2.16. The molecule has 0 aromatic carbocycles. The van der Waals surface area contributed by atoms with Crippen LogP contribution in [0.25, 0.3) is 0 Å². The van der Waals surface area contributed by atoms with Crippen molar-refractivity contribution >= 4 is 0 Å². The second kappa shape index (κ2) is 2.42. The first-order valence-corrected chi connectivity index (χ1v) is 2.76. The Hall–Kier alpha value is -0.900. The van der Waals surface area contributed by atoms with Crippen LogP contribution in [0.3, 0.4) is 0 Å². The summed E-state index contributed by atoms with van der Waals surface area (Å²) in [4.78, 5) is 2.11. The summed E-state index contributed by atoms with van der Waals surface area (Å²) in [6.07, 6.45) is 2.83. The van der Waals surface area contributed by atoms with Gasteiger partial charge in [0.1, 0.15) is 0 Å². The van der Waals surface area contributed by atoms with Gasteiger partial charge in [-0.25, -0.2) is 0 Å². The summed E-state index contributed by atoms with van der Waals surface area (Å²) >= 11 is 0. The van der Waals surface area contributed by atoms with Gasteiger partial charge in [-0.3, -0.25) is 0 Å². The van der Waals surface area contributed by atoms with Gasteiger partial charge in [0.2, 0.25) is 0 Å². The minimum atomic E-state index is 0.865.